The van der Waals surface area contributed by atoms with E-state index in [2.05, 4.69) is 30.3 Å². The summed E-state index contributed by atoms with van der Waals surface area (Å²) >= 11 is 0. The highest BCUT2D eigenvalue weighted by molar-refractivity contribution is 6.09. The summed E-state index contributed by atoms with van der Waals surface area (Å²) in [6, 6.07) is 21.4. The third-order valence-corrected chi connectivity index (χ3v) is 5.71. The van der Waals surface area contributed by atoms with Crippen molar-refractivity contribution in [1.29, 1.82) is 5.26 Å². The average molecular weight is 492 g/mol. The van der Waals surface area contributed by atoms with Crippen molar-refractivity contribution in [3.8, 4) is 17.5 Å². The van der Waals surface area contributed by atoms with Gasteiger partial charge in [0.05, 0.1) is 34.9 Å². The Morgan fingerprint density at radius 1 is 1.00 bits per heavy atom. The molecule has 0 aliphatic rings. The molecule has 0 aliphatic carbocycles. The Hall–Kier alpha value is -5.43. The van der Waals surface area contributed by atoms with E-state index in [0.29, 0.717) is 28.0 Å². The monoisotopic (exact) mass is 492 g/mol. The Morgan fingerprint density at radius 3 is 2.59 bits per heavy atom. The second kappa shape index (κ2) is 9.67. The summed E-state index contributed by atoms with van der Waals surface area (Å²) in [4.78, 5) is 42.7. The molecular weight excluding hydrogens is 472 g/mol. The van der Waals surface area contributed by atoms with Crippen LogP contribution in [0.4, 0.5) is 11.4 Å². The molecule has 3 aromatic carbocycles. The van der Waals surface area contributed by atoms with Crippen molar-refractivity contribution in [1.82, 2.24) is 15.1 Å². The number of nitrogens with one attached hydrogen (secondary N) is 4. The van der Waals surface area contributed by atoms with E-state index in [0.717, 1.165) is 16.5 Å². The minimum absolute atomic E-state index is 0.0765. The molecule has 5 aromatic rings. The molecule has 2 aromatic heterocycles. The van der Waals surface area contributed by atoms with E-state index in [4.69, 9.17) is 0 Å². The zero-order valence-electron chi connectivity index (χ0n) is 19.6. The number of benzene rings is 3. The number of rotatable bonds is 6. The van der Waals surface area contributed by atoms with Crippen LogP contribution in [-0.2, 0) is 11.2 Å². The molecule has 0 saturated heterocycles. The molecule has 182 valence electrons. The first kappa shape index (κ1) is 23.3. The predicted octanol–water partition coefficient (Wildman–Crippen LogP) is 4.12. The van der Waals surface area contributed by atoms with Crippen molar-refractivity contribution >= 4 is 34.1 Å². The third-order valence-electron chi connectivity index (χ3n) is 5.71. The zero-order chi connectivity index (χ0) is 25.9. The van der Waals surface area contributed by atoms with Gasteiger partial charge in [-0.25, -0.2) is 4.79 Å². The van der Waals surface area contributed by atoms with Gasteiger partial charge >= 0.3 is 5.76 Å². The smallest absolute Gasteiger partial charge is 0.349 e. The number of aromatic nitrogens is 3. The first-order valence-electron chi connectivity index (χ1n) is 11.3. The van der Waals surface area contributed by atoms with Crippen molar-refractivity contribution in [3.63, 3.8) is 0 Å². The number of anilines is 2. The maximum absolute atomic E-state index is 13.1. The lowest BCUT2D eigenvalue weighted by molar-refractivity contribution is -0.115. The fourth-order valence-electron chi connectivity index (χ4n) is 4.04. The van der Waals surface area contributed by atoms with Crippen LogP contribution in [0.3, 0.4) is 0 Å². The Labute approximate surface area is 209 Å². The Balaban J connectivity index is 1.39. The summed E-state index contributed by atoms with van der Waals surface area (Å²) in [7, 11) is 0. The number of nitrogens with zero attached hydrogens (tertiary/aromatic N) is 2. The first-order chi connectivity index (χ1) is 17.9. The van der Waals surface area contributed by atoms with Crippen LogP contribution < -0.4 is 16.4 Å². The van der Waals surface area contributed by atoms with Crippen LogP contribution in [0.15, 0.2) is 76.0 Å². The quantitative estimate of drug-likeness (QED) is 0.279. The van der Waals surface area contributed by atoms with Gasteiger partial charge in [0.2, 0.25) is 5.91 Å². The Bertz CT molecular complexity index is 1750. The average Bonchev–Trinajstić information content (AvgIpc) is 3.51. The van der Waals surface area contributed by atoms with Gasteiger partial charge in [0.15, 0.2) is 5.82 Å². The van der Waals surface area contributed by atoms with E-state index in [1.165, 1.54) is 12.1 Å². The molecule has 0 aliphatic heterocycles. The molecule has 5 rings (SSSR count). The lowest BCUT2D eigenvalue weighted by atomic mass is 10.1. The molecule has 0 atom stereocenters. The number of hydrogen-bond donors (Lipinski definition) is 4. The molecule has 0 spiro atoms. The number of nitriles is 1. The summed E-state index contributed by atoms with van der Waals surface area (Å²) in [5.74, 6) is -1.33. The fourth-order valence-corrected chi connectivity index (χ4v) is 4.04. The minimum atomic E-state index is -0.762. The second-order valence-electron chi connectivity index (χ2n) is 8.44. The SMILES string of the molecule is Cc1cccc(CC(=O)Nc2cccc3cc(C(=O)Nc4ccc(C#N)cc4-c4noc(=O)[nH]4)[nH]c23)c1. The molecule has 0 radical (unpaired) electrons. The van der Waals surface area contributed by atoms with E-state index in [1.807, 2.05) is 43.3 Å². The lowest BCUT2D eigenvalue weighted by Gasteiger charge is -2.09. The number of carbonyl (C=O) groups excluding carboxylic acids is 2. The van der Waals surface area contributed by atoms with Gasteiger partial charge in [-0.2, -0.15) is 5.26 Å². The van der Waals surface area contributed by atoms with Gasteiger partial charge in [-0.05, 0) is 42.8 Å². The van der Waals surface area contributed by atoms with Crippen LogP contribution in [0.2, 0.25) is 0 Å². The highest BCUT2D eigenvalue weighted by Gasteiger charge is 2.17. The molecule has 2 heterocycles. The number of para-hydroxylation sites is 1. The first-order valence-corrected chi connectivity index (χ1v) is 11.3. The molecule has 0 unspecified atom stereocenters. The van der Waals surface area contributed by atoms with Crippen molar-refractivity contribution < 1.29 is 14.1 Å². The van der Waals surface area contributed by atoms with Crippen molar-refractivity contribution in [2.45, 2.75) is 13.3 Å². The summed E-state index contributed by atoms with van der Waals surface area (Å²) in [6.45, 7) is 1.97. The van der Waals surface area contributed by atoms with Gasteiger partial charge < -0.3 is 15.6 Å². The molecule has 2 amide bonds. The largest absolute Gasteiger partial charge is 0.439 e. The van der Waals surface area contributed by atoms with Crippen LogP contribution in [0.25, 0.3) is 22.3 Å². The summed E-state index contributed by atoms with van der Waals surface area (Å²) < 4.78 is 4.57. The summed E-state index contributed by atoms with van der Waals surface area (Å²) in [5.41, 5.74) is 4.33. The van der Waals surface area contributed by atoms with Gasteiger partial charge in [-0.15, -0.1) is 0 Å². The normalized spacial score (nSPS) is 10.7. The third kappa shape index (κ3) is 5.01. The number of aromatic amines is 2. The Morgan fingerprint density at radius 2 is 1.84 bits per heavy atom. The van der Waals surface area contributed by atoms with Gasteiger partial charge in [-0.1, -0.05) is 47.1 Å². The van der Waals surface area contributed by atoms with Crippen LogP contribution in [-0.4, -0.2) is 26.9 Å². The number of carbonyl (C=O) groups is 2. The molecule has 0 bridgehead atoms. The van der Waals surface area contributed by atoms with Crippen LogP contribution in [0.5, 0.6) is 0 Å². The summed E-state index contributed by atoms with van der Waals surface area (Å²) in [6.07, 6.45) is 0.220. The van der Waals surface area contributed by atoms with Crippen LogP contribution in [0.1, 0.15) is 27.2 Å². The Kier molecular flexibility index (Phi) is 6.10. The molecule has 10 nitrogen and oxygen atoms in total. The number of amides is 2. The molecule has 10 heteroatoms. The van der Waals surface area contributed by atoms with E-state index >= 15 is 0 Å². The van der Waals surface area contributed by atoms with E-state index in [-0.39, 0.29) is 23.8 Å². The van der Waals surface area contributed by atoms with Gasteiger partial charge in [-0.3, -0.25) is 19.1 Å². The van der Waals surface area contributed by atoms with Crippen molar-refractivity contribution in [2.24, 2.45) is 0 Å². The van der Waals surface area contributed by atoms with E-state index in [1.54, 1.807) is 24.3 Å². The molecule has 0 fully saturated rings. The molecular formula is C27H20N6O4. The van der Waals surface area contributed by atoms with Gasteiger partial charge in [0, 0.05) is 10.9 Å². The number of H-pyrrole nitrogens is 2. The molecule has 0 saturated carbocycles. The molecule has 4 N–H and O–H groups in total. The van der Waals surface area contributed by atoms with Crippen LogP contribution >= 0.6 is 0 Å². The number of hydrogen-bond acceptors (Lipinski definition) is 6. The van der Waals surface area contributed by atoms with Crippen molar-refractivity contribution in [3.05, 3.63) is 99.7 Å². The molecule has 37 heavy (non-hydrogen) atoms. The fraction of sp³-hybridized carbons (Fsp3) is 0.0741. The second-order valence-corrected chi connectivity index (χ2v) is 8.44. The van der Waals surface area contributed by atoms with Crippen LogP contribution in [0, 0.1) is 18.3 Å². The zero-order valence-corrected chi connectivity index (χ0v) is 19.6. The lowest BCUT2D eigenvalue weighted by Crippen LogP contribution is -2.15. The number of aryl methyl sites for hydroxylation is 1. The van der Waals surface area contributed by atoms with Gasteiger partial charge in [0.25, 0.3) is 5.91 Å². The van der Waals surface area contributed by atoms with E-state index in [9.17, 15) is 19.6 Å². The summed E-state index contributed by atoms with van der Waals surface area (Å²) in [5, 5.41) is 19.3. The minimum Gasteiger partial charge on any atom is -0.349 e. The maximum Gasteiger partial charge on any atom is 0.439 e. The topological polar surface area (TPSA) is 157 Å². The van der Waals surface area contributed by atoms with Gasteiger partial charge in [0.1, 0.15) is 5.69 Å². The standard InChI is InChI=1S/C27H20N6O4/c1-15-4-2-5-16(10-15)12-23(34)29-21-7-3-6-18-13-22(30-24(18)21)26(35)31-20-9-8-17(14-28)11-19(20)25-32-27(36)37-33-25/h2-11,13,30H,12H2,1H3,(H,29,34)(H,31,35)(H,32,33,36). The van der Waals surface area contributed by atoms with E-state index < -0.39 is 11.7 Å². The maximum atomic E-state index is 13.1. The predicted molar refractivity (Wildman–Crippen MR) is 137 cm³/mol. The highest BCUT2D eigenvalue weighted by Crippen LogP contribution is 2.28. The van der Waals surface area contributed by atoms with Crippen molar-refractivity contribution in [2.75, 3.05) is 10.6 Å². The number of fused-ring (bicyclic) bond motifs is 1. The highest BCUT2D eigenvalue weighted by atomic mass is 16.5.